The molecule has 0 atom stereocenters. The third-order valence-corrected chi connectivity index (χ3v) is 3.78. The van der Waals surface area contributed by atoms with Crippen LogP contribution in [0, 0.1) is 6.92 Å². The van der Waals surface area contributed by atoms with E-state index >= 15 is 0 Å². The van der Waals surface area contributed by atoms with Gasteiger partial charge >= 0.3 is 0 Å². The van der Waals surface area contributed by atoms with Gasteiger partial charge < -0.3 is 9.47 Å². The highest BCUT2D eigenvalue weighted by molar-refractivity contribution is 6.16. The van der Waals surface area contributed by atoms with Crippen LogP contribution >= 0.6 is 11.6 Å². The zero-order valence-electron chi connectivity index (χ0n) is 12.1. The number of rotatable bonds is 6. The molecule has 0 radical (unpaired) electrons. The van der Waals surface area contributed by atoms with Crippen molar-refractivity contribution < 1.29 is 0 Å². The summed E-state index contributed by atoms with van der Waals surface area (Å²) in [5, 5.41) is 4.53. The number of nitrogens with zero attached hydrogens (tertiary/aromatic N) is 5. The Bertz CT molecular complexity index is 557. The quantitative estimate of drug-likeness (QED) is 0.764. The Kier molecular flexibility index (Phi) is 4.47. The van der Waals surface area contributed by atoms with Crippen molar-refractivity contribution in [2.24, 2.45) is 0 Å². The van der Waals surface area contributed by atoms with E-state index in [1.807, 2.05) is 11.6 Å². The van der Waals surface area contributed by atoms with Gasteiger partial charge in [-0.2, -0.15) is 5.10 Å². The second-order valence-electron chi connectivity index (χ2n) is 4.78. The summed E-state index contributed by atoms with van der Waals surface area (Å²) in [6, 6.07) is 0. The maximum atomic E-state index is 6.03. The maximum absolute atomic E-state index is 6.03. The lowest BCUT2D eigenvalue weighted by Crippen LogP contribution is -2.24. The number of aromatic nitrogens is 4. The summed E-state index contributed by atoms with van der Waals surface area (Å²) in [6.45, 7) is 10.0. The van der Waals surface area contributed by atoms with Gasteiger partial charge in [0.25, 0.3) is 0 Å². The molecule has 2 aromatic rings. The smallest absolute Gasteiger partial charge is 0.158 e. The van der Waals surface area contributed by atoms with E-state index in [2.05, 4.69) is 40.4 Å². The van der Waals surface area contributed by atoms with Crippen molar-refractivity contribution in [2.75, 3.05) is 20.1 Å². The molecule has 0 spiro atoms. The van der Waals surface area contributed by atoms with Crippen LogP contribution in [0.4, 0.5) is 0 Å². The first-order chi connectivity index (χ1) is 9.12. The van der Waals surface area contributed by atoms with Gasteiger partial charge in [-0.25, -0.2) is 9.67 Å². The molecule has 0 aliphatic heterocycles. The zero-order chi connectivity index (χ0) is 14.0. The Morgan fingerprint density at radius 2 is 2.05 bits per heavy atom. The summed E-state index contributed by atoms with van der Waals surface area (Å²) < 4.78 is 4.22. The van der Waals surface area contributed by atoms with Crippen LogP contribution in [0.3, 0.4) is 0 Å². The average Bonchev–Trinajstić information content (AvgIpc) is 2.93. The number of fused-ring (bicyclic) bond motifs is 1. The van der Waals surface area contributed by atoms with E-state index in [1.165, 1.54) is 0 Å². The van der Waals surface area contributed by atoms with Crippen molar-refractivity contribution in [3.05, 3.63) is 11.5 Å². The lowest BCUT2D eigenvalue weighted by atomic mass is 10.4. The highest BCUT2D eigenvalue weighted by atomic mass is 35.5. The highest BCUT2D eigenvalue weighted by Gasteiger charge is 2.17. The molecule has 0 amide bonds. The molecule has 0 aliphatic rings. The van der Waals surface area contributed by atoms with Crippen LogP contribution in [-0.2, 0) is 19.0 Å². The molecule has 6 heteroatoms. The van der Waals surface area contributed by atoms with Crippen molar-refractivity contribution in [1.82, 2.24) is 24.2 Å². The molecule has 0 N–H and O–H groups in total. The van der Waals surface area contributed by atoms with Crippen LogP contribution in [0.25, 0.3) is 11.2 Å². The molecule has 0 aromatic carbocycles. The highest BCUT2D eigenvalue weighted by Crippen LogP contribution is 2.20. The first-order valence-electron chi connectivity index (χ1n) is 6.79. The third kappa shape index (κ3) is 2.62. The second kappa shape index (κ2) is 5.92. The fraction of sp³-hybridized carbons (Fsp3) is 0.692. The molecule has 19 heavy (non-hydrogen) atoms. The molecule has 2 aromatic heterocycles. The van der Waals surface area contributed by atoms with Gasteiger partial charge in [0.15, 0.2) is 5.65 Å². The maximum Gasteiger partial charge on any atom is 0.158 e. The normalized spacial score (nSPS) is 11.9. The van der Waals surface area contributed by atoms with Gasteiger partial charge in [0.1, 0.15) is 11.3 Å². The molecule has 0 bridgehead atoms. The van der Waals surface area contributed by atoms with Gasteiger partial charge in [-0.05, 0) is 27.4 Å². The number of likely N-dealkylation sites (N-methyl/N-ethyl adjacent to an activating group) is 1. The fourth-order valence-corrected chi connectivity index (χ4v) is 2.46. The number of hydrogen-bond donors (Lipinski definition) is 0. The third-order valence-electron chi connectivity index (χ3n) is 3.54. The summed E-state index contributed by atoms with van der Waals surface area (Å²) in [4.78, 5) is 6.91. The lowest BCUT2D eigenvalue weighted by Gasteiger charge is -2.15. The monoisotopic (exact) mass is 283 g/mol. The topological polar surface area (TPSA) is 38.9 Å². The molecule has 106 valence electrons. The standard InChI is InChI=1S/C13H22ClN5/c1-5-17(4)7-8-18-11(9-14)15-12-10(3)16-19(6-2)13(12)18/h5-9H2,1-4H3. The van der Waals surface area contributed by atoms with Crippen molar-refractivity contribution in [2.45, 2.75) is 39.7 Å². The molecular weight excluding hydrogens is 262 g/mol. The minimum Gasteiger partial charge on any atom is -0.311 e. The van der Waals surface area contributed by atoms with E-state index in [0.29, 0.717) is 5.88 Å². The van der Waals surface area contributed by atoms with Crippen LogP contribution in [0.15, 0.2) is 0 Å². The number of aryl methyl sites for hydroxylation is 2. The van der Waals surface area contributed by atoms with E-state index in [1.54, 1.807) is 0 Å². The zero-order valence-corrected chi connectivity index (χ0v) is 12.9. The minimum atomic E-state index is 0.438. The lowest BCUT2D eigenvalue weighted by molar-refractivity contribution is 0.334. The van der Waals surface area contributed by atoms with Crippen LogP contribution in [0.5, 0.6) is 0 Å². The summed E-state index contributed by atoms with van der Waals surface area (Å²) in [7, 11) is 2.12. The van der Waals surface area contributed by atoms with Crippen LogP contribution in [-0.4, -0.2) is 44.4 Å². The summed E-state index contributed by atoms with van der Waals surface area (Å²) in [6.07, 6.45) is 0. The van der Waals surface area contributed by atoms with Crippen molar-refractivity contribution in [3.8, 4) is 0 Å². The minimum absolute atomic E-state index is 0.438. The van der Waals surface area contributed by atoms with Gasteiger partial charge in [0, 0.05) is 19.6 Å². The first-order valence-corrected chi connectivity index (χ1v) is 7.32. The van der Waals surface area contributed by atoms with E-state index < -0.39 is 0 Å². The Balaban J connectivity index is 2.43. The predicted octanol–water partition coefficient (Wildman–Crippen LogP) is 2.25. The number of alkyl halides is 1. The number of imidazole rings is 1. The van der Waals surface area contributed by atoms with E-state index in [4.69, 9.17) is 11.6 Å². The Hall–Kier alpha value is -1.07. The molecular formula is C13H22ClN5. The molecule has 0 aliphatic carbocycles. The van der Waals surface area contributed by atoms with Gasteiger partial charge in [-0.3, -0.25) is 0 Å². The van der Waals surface area contributed by atoms with E-state index in [0.717, 1.165) is 48.9 Å². The van der Waals surface area contributed by atoms with Gasteiger partial charge in [-0.1, -0.05) is 6.92 Å². The van der Waals surface area contributed by atoms with E-state index in [9.17, 15) is 0 Å². The van der Waals surface area contributed by atoms with Crippen molar-refractivity contribution in [3.63, 3.8) is 0 Å². The molecule has 0 fully saturated rings. The number of hydrogen-bond acceptors (Lipinski definition) is 3. The molecule has 0 saturated heterocycles. The largest absolute Gasteiger partial charge is 0.311 e. The van der Waals surface area contributed by atoms with Crippen molar-refractivity contribution in [1.29, 1.82) is 0 Å². The van der Waals surface area contributed by atoms with Gasteiger partial charge in [-0.15, -0.1) is 11.6 Å². The average molecular weight is 284 g/mol. The Labute approximate surface area is 119 Å². The van der Waals surface area contributed by atoms with Gasteiger partial charge in [0.05, 0.1) is 11.6 Å². The second-order valence-corrected chi connectivity index (χ2v) is 5.05. The molecule has 0 saturated carbocycles. The van der Waals surface area contributed by atoms with Crippen LogP contribution in [0.2, 0.25) is 0 Å². The SMILES string of the molecule is CCN(C)CCn1c(CCl)nc2c(C)nn(CC)c21. The fourth-order valence-electron chi connectivity index (χ4n) is 2.26. The van der Waals surface area contributed by atoms with Crippen LogP contribution in [0.1, 0.15) is 25.4 Å². The van der Waals surface area contributed by atoms with E-state index in [-0.39, 0.29) is 0 Å². The Morgan fingerprint density at radius 1 is 1.32 bits per heavy atom. The summed E-state index contributed by atoms with van der Waals surface area (Å²) in [5.41, 5.74) is 3.06. The van der Waals surface area contributed by atoms with Gasteiger partial charge in [0.2, 0.25) is 0 Å². The first kappa shape index (κ1) is 14.3. The molecule has 5 nitrogen and oxygen atoms in total. The summed E-state index contributed by atoms with van der Waals surface area (Å²) in [5.74, 6) is 1.37. The molecule has 2 heterocycles. The number of halogens is 1. The summed E-state index contributed by atoms with van der Waals surface area (Å²) >= 11 is 6.03. The predicted molar refractivity (Wildman–Crippen MR) is 78.7 cm³/mol. The Morgan fingerprint density at radius 3 is 2.63 bits per heavy atom. The van der Waals surface area contributed by atoms with Crippen LogP contribution < -0.4 is 0 Å². The molecule has 2 rings (SSSR count). The van der Waals surface area contributed by atoms with Crippen molar-refractivity contribution >= 4 is 22.8 Å². The molecule has 0 unspecified atom stereocenters.